The molecular formula is C18H22N2O3S. The molecule has 0 aliphatic carbocycles. The monoisotopic (exact) mass is 346 g/mol. The Morgan fingerprint density at radius 2 is 1.88 bits per heavy atom. The number of ether oxygens (including phenoxy) is 1. The highest BCUT2D eigenvalue weighted by Gasteiger charge is 2.16. The molecular weight excluding hydrogens is 324 g/mol. The van der Waals surface area contributed by atoms with Crippen LogP contribution in [0.5, 0.6) is 5.75 Å². The number of nitrogens with zero attached hydrogens (tertiary/aromatic N) is 2. The molecule has 1 heterocycles. The molecule has 2 aromatic rings. The van der Waals surface area contributed by atoms with E-state index in [1.54, 1.807) is 55.8 Å². The van der Waals surface area contributed by atoms with Crippen LogP contribution in [-0.2, 0) is 17.3 Å². The lowest BCUT2D eigenvalue weighted by molar-refractivity contribution is 0.0783. The number of methoxy groups -OCH3 is 1. The molecule has 24 heavy (non-hydrogen) atoms. The van der Waals surface area contributed by atoms with Gasteiger partial charge in [0.15, 0.2) is 0 Å². The van der Waals surface area contributed by atoms with Gasteiger partial charge in [-0.25, -0.2) is 0 Å². The fourth-order valence-electron chi connectivity index (χ4n) is 2.54. The van der Waals surface area contributed by atoms with E-state index >= 15 is 0 Å². The van der Waals surface area contributed by atoms with E-state index in [2.05, 4.69) is 4.98 Å². The van der Waals surface area contributed by atoms with Crippen LogP contribution in [0.15, 0.2) is 35.4 Å². The van der Waals surface area contributed by atoms with Gasteiger partial charge in [0, 0.05) is 51.9 Å². The Balaban J connectivity index is 2.19. The summed E-state index contributed by atoms with van der Waals surface area (Å²) < 4.78 is 16.8. The number of aromatic nitrogens is 1. The first kappa shape index (κ1) is 18.1. The van der Waals surface area contributed by atoms with Crippen LogP contribution in [0.4, 0.5) is 0 Å². The van der Waals surface area contributed by atoms with E-state index in [1.165, 1.54) is 0 Å². The Morgan fingerprint density at radius 1 is 1.25 bits per heavy atom. The minimum atomic E-state index is -1.05. The van der Waals surface area contributed by atoms with Crippen molar-refractivity contribution in [2.24, 2.45) is 0 Å². The zero-order valence-corrected chi connectivity index (χ0v) is 15.4. The summed E-state index contributed by atoms with van der Waals surface area (Å²) in [6, 6.07) is 6.84. The van der Waals surface area contributed by atoms with Gasteiger partial charge < -0.3 is 9.64 Å². The van der Waals surface area contributed by atoms with Crippen molar-refractivity contribution >= 4 is 16.7 Å². The van der Waals surface area contributed by atoms with Gasteiger partial charge in [0.05, 0.1) is 19.3 Å². The smallest absolute Gasteiger partial charge is 0.253 e. The number of benzene rings is 1. The third kappa shape index (κ3) is 3.82. The number of aryl methyl sites for hydroxylation is 1. The number of hydrogen-bond acceptors (Lipinski definition) is 4. The second-order valence-corrected chi connectivity index (χ2v) is 7.07. The predicted octanol–water partition coefficient (Wildman–Crippen LogP) is 2.72. The van der Waals surface area contributed by atoms with Crippen LogP contribution in [-0.4, -0.2) is 40.4 Å². The second-order valence-electron chi connectivity index (χ2n) is 5.69. The van der Waals surface area contributed by atoms with Gasteiger partial charge in [-0.1, -0.05) is 0 Å². The summed E-state index contributed by atoms with van der Waals surface area (Å²) in [5.74, 6) is 0.694. The molecule has 2 rings (SSSR count). The zero-order valence-electron chi connectivity index (χ0n) is 14.6. The van der Waals surface area contributed by atoms with Crippen LogP contribution >= 0.6 is 0 Å². The Hall–Kier alpha value is -2.21. The lowest BCUT2D eigenvalue weighted by Gasteiger charge is -2.19. The average molecular weight is 346 g/mol. The molecule has 1 amide bonds. The lowest BCUT2D eigenvalue weighted by atomic mass is 10.1. The van der Waals surface area contributed by atoms with E-state index in [9.17, 15) is 9.00 Å². The Bertz CT molecular complexity index is 773. The summed E-state index contributed by atoms with van der Waals surface area (Å²) in [5.41, 5.74) is 3.27. The van der Waals surface area contributed by atoms with E-state index in [0.29, 0.717) is 17.0 Å². The Morgan fingerprint density at radius 3 is 2.42 bits per heavy atom. The number of carbonyl (C=O) groups excluding carboxylic acids is 1. The molecule has 0 N–H and O–H groups in total. The Labute approximate surface area is 145 Å². The fourth-order valence-corrected chi connectivity index (χ4v) is 3.06. The molecule has 0 aliphatic rings. The highest BCUT2D eigenvalue weighted by molar-refractivity contribution is 7.84. The molecule has 1 unspecified atom stereocenters. The van der Waals surface area contributed by atoms with Gasteiger partial charge in [0.2, 0.25) is 0 Å². The van der Waals surface area contributed by atoms with Crippen molar-refractivity contribution in [2.75, 3.05) is 20.4 Å². The van der Waals surface area contributed by atoms with Gasteiger partial charge in [-0.2, -0.15) is 0 Å². The largest absolute Gasteiger partial charge is 0.496 e. The lowest BCUT2D eigenvalue weighted by Crippen LogP contribution is -2.27. The standard InChI is InChI=1S/C18H22N2O3S/c1-12-10-19-16(13(2)17(12)23-4)11-20(3)18(21)14-6-8-15(9-7-14)24(5)22/h6-10H,11H2,1-5H3. The van der Waals surface area contributed by atoms with Crippen molar-refractivity contribution in [3.05, 3.63) is 52.8 Å². The summed E-state index contributed by atoms with van der Waals surface area (Å²) in [6.45, 7) is 4.28. The zero-order chi connectivity index (χ0) is 17.9. The van der Waals surface area contributed by atoms with Gasteiger partial charge in [0.1, 0.15) is 5.75 Å². The van der Waals surface area contributed by atoms with Crippen LogP contribution in [0.3, 0.4) is 0 Å². The average Bonchev–Trinajstić information content (AvgIpc) is 2.57. The van der Waals surface area contributed by atoms with Crippen LogP contribution < -0.4 is 4.74 Å². The molecule has 0 fully saturated rings. The van der Waals surface area contributed by atoms with Crippen molar-refractivity contribution in [3.63, 3.8) is 0 Å². The number of carbonyl (C=O) groups is 1. The third-order valence-electron chi connectivity index (χ3n) is 3.92. The summed E-state index contributed by atoms with van der Waals surface area (Å²) in [5, 5.41) is 0. The summed E-state index contributed by atoms with van der Waals surface area (Å²) in [4.78, 5) is 19.3. The molecule has 0 aliphatic heterocycles. The summed E-state index contributed by atoms with van der Waals surface area (Å²) >= 11 is 0. The number of pyridine rings is 1. The van der Waals surface area contributed by atoms with E-state index in [1.807, 2.05) is 13.8 Å². The molecule has 0 radical (unpaired) electrons. The topological polar surface area (TPSA) is 59.5 Å². The van der Waals surface area contributed by atoms with Crippen molar-refractivity contribution in [3.8, 4) is 5.75 Å². The minimum Gasteiger partial charge on any atom is -0.496 e. The maximum Gasteiger partial charge on any atom is 0.253 e. The minimum absolute atomic E-state index is 0.107. The number of rotatable bonds is 5. The molecule has 0 spiro atoms. The SMILES string of the molecule is COc1c(C)cnc(CN(C)C(=O)c2ccc(S(C)=O)cc2)c1C. The van der Waals surface area contributed by atoms with Crippen LogP contribution in [0.2, 0.25) is 0 Å². The van der Waals surface area contributed by atoms with Crippen LogP contribution in [0.1, 0.15) is 27.2 Å². The molecule has 1 aromatic carbocycles. The maximum absolute atomic E-state index is 12.6. The molecule has 0 bridgehead atoms. The van der Waals surface area contributed by atoms with E-state index in [-0.39, 0.29) is 5.91 Å². The molecule has 1 atom stereocenters. The first-order chi connectivity index (χ1) is 11.3. The summed E-state index contributed by atoms with van der Waals surface area (Å²) in [7, 11) is 2.32. The molecule has 5 nitrogen and oxygen atoms in total. The van der Waals surface area contributed by atoms with Crippen molar-refractivity contribution < 1.29 is 13.7 Å². The van der Waals surface area contributed by atoms with Gasteiger partial charge in [-0.05, 0) is 38.1 Å². The van der Waals surface area contributed by atoms with E-state index in [0.717, 1.165) is 22.6 Å². The molecule has 0 saturated carbocycles. The first-order valence-corrected chi connectivity index (χ1v) is 9.09. The van der Waals surface area contributed by atoms with Crippen molar-refractivity contribution in [1.82, 2.24) is 9.88 Å². The first-order valence-electron chi connectivity index (χ1n) is 7.53. The molecule has 6 heteroatoms. The van der Waals surface area contributed by atoms with Gasteiger partial charge >= 0.3 is 0 Å². The number of hydrogen-bond donors (Lipinski definition) is 0. The van der Waals surface area contributed by atoms with Gasteiger partial charge in [0.25, 0.3) is 5.91 Å². The Kier molecular flexibility index (Phi) is 5.72. The van der Waals surface area contributed by atoms with E-state index < -0.39 is 10.8 Å². The predicted molar refractivity (Wildman–Crippen MR) is 94.8 cm³/mol. The molecule has 128 valence electrons. The van der Waals surface area contributed by atoms with Gasteiger partial charge in [-0.15, -0.1) is 0 Å². The molecule has 1 aromatic heterocycles. The second kappa shape index (κ2) is 7.57. The quantitative estimate of drug-likeness (QED) is 0.835. The normalized spacial score (nSPS) is 11.9. The van der Waals surface area contributed by atoms with Crippen LogP contribution in [0.25, 0.3) is 0 Å². The van der Waals surface area contributed by atoms with Crippen molar-refractivity contribution in [1.29, 1.82) is 0 Å². The fraction of sp³-hybridized carbons (Fsp3) is 0.333. The highest BCUT2D eigenvalue weighted by Crippen LogP contribution is 2.24. The summed E-state index contributed by atoms with van der Waals surface area (Å²) in [6.07, 6.45) is 3.37. The van der Waals surface area contributed by atoms with Crippen molar-refractivity contribution in [2.45, 2.75) is 25.3 Å². The van der Waals surface area contributed by atoms with Gasteiger partial charge in [-0.3, -0.25) is 14.0 Å². The van der Waals surface area contributed by atoms with Crippen LogP contribution in [0, 0.1) is 13.8 Å². The highest BCUT2D eigenvalue weighted by atomic mass is 32.2. The maximum atomic E-state index is 12.6. The van der Waals surface area contributed by atoms with E-state index in [4.69, 9.17) is 4.74 Å². The number of amides is 1. The molecule has 0 saturated heterocycles. The third-order valence-corrected chi connectivity index (χ3v) is 4.85.